The first kappa shape index (κ1) is 20.4. The molecule has 0 radical (unpaired) electrons. The molecular formula is C22H28N6O. The lowest BCUT2D eigenvalue weighted by Crippen LogP contribution is -2.21. The number of aryl methyl sites for hydroxylation is 1. The zero-order valence-corrected chi connectivity index (χ0v) is 17.4. The minimum Gasteiger partial charge on any atom is -0.496 e. The Morgan fingerprint density at radius 1 is 1.07 bits per heavy atom. The number of benzene rings is 2. The third kappa shape index (κ3) is 5.13. The molecule has 0 aliphatic heterocycles. The molecule has 0 fully saturated rings. The van der Waals surface area contributed by atoms with Crippen LogP contribution in [0.4, 0.5) is 23.1 Å². The first-order chi connectivity index (χ1) is 14.1. The topological polar surface area (TPSA) is 75.2 Å². The molecule has 3 aromatic rings. The van der Waals surface area contributed by atoms with Gasteiger partial charge in [-0.15, -0.1) is 5.10 Å². The Labute approximate surface area is 172 Å². The third-order valence-corrected chi connectivity index (χ3v) is 4.80. The van der Waals surface area contributed by atoms with E-state index in [1.807, 2.05) is 24.3 Å². The summed E-state index contributed by atoms with van der Waals surface area (Å²) in [6.07, 6.45) is 1.61. The van der Waals surface area contributed by atoms with E-state index >= 15 is 0 Å². The average molecular weight is 393 g/mol. The number of hydrogen-bond donors (Lipinski definition) is 2. The summed E-state index contributed by atoms with van der Waals surface area (Å²) in [6.45, 7) is 8.94. The number of nitrogens with one attached hydrogen (secondary N) is 2. The highest BCUT2D eigenvalue weighted by atomic mass is 16.5. The summed E-state index contributed by atoms with van der Waals surface area (Å²) in [7, 11) is 1.67. The van der Waals surface area contributed by atoms with Gasteiger partial charge >= 0.3 is 0 Å². The summed E-state index contributed by atoms with van der Waals surface area (Å²) < 4.78 is 5.39. The van der Waals surface area contributed by atoms with Gasteiger partial charge in [-0.1, -0.05) is 18.2 Å². The number of ether oxygens (including phenoxy) is 1. The molecule has 0 spiro atoms. The highest BCUT2D eigenvalue weighted by Crippen LogP contribution is 2.25. The number of hydrogen-bond acceptors (Lipinski definition) is 7. The van der Waals surface area contributed by atoms with Crippen molar-refractivity contribution < 1.29 is 4.74 Å². The van der Waals surface area contributed by atoms with E-state index in [9.17, 15) is 0 Å². The van der Waals surface area contributed by atoms with Gasteiger partial charge in [0.25, 0.3) is 0 Å². The quantitative estimate of drug-likeness (QED) is 0.559. The lowest BCUT2D eigenvalue weighted by atomic mass is 10.1. The molecule has 0 saturated heterocycles. The number of rotatable bonds is 9. The fourth-order valence-electron chi connectivity index (χ4n) is 3.17. The monoisotopic (exact) mass is 392 g/mol. The Bertz CT molecular complexity index is 942. The van der Waals surface area contributed by atoms with E-state index in [4.69, 9.17) is 4.74 Å². The number of nitrogens with zero attached hydrogens (tertiary/aromatic N) is 4. The highest BCUT2D eigenvalue weighted by Gasteiger charge is 2.08. The molecule has 0 bridgehead atoms. The van der Waals surface area contributed by atoms with Crippen LogP contribution in [0.2, 0.25) is 0 Å². The molecule has 0 unspecified atom stereocenters. The van der Waals surface area contributed by atoms with E-state index in [-0.39, 0.29) is 0 Å². The van der Waals surface area contributed by atoms with E-state index in [0.717, 1.165) is 35.7 Å². The van der Waals surface area contributed by atoms with Crippen LogP contribution in [0.1, 0.15) is 25.0 Å². The fraction of sp³-hybridized carbons (Fsp3) is 0.318. The predicted molar refractivity (Wildman–Crippen MR) is 118 cm³/mol. The van der Waals surface area contributed by atoms with Crippen molar-refractivity contribution in [1.82, 2.24) is 15.2 Å². The SMILES string of the molecule is CCN(CC)c1ccc(Nc2nncc(NCc3ccccc3OC)n2)c(C)c1. The molecule has 7 heteroatoms. The lowest BCUT2D eigenvalue weighted by Gasteiger charge is -2.22. The van der Waals surface area contributed by atoms with Crippen molar-refractivity contribution in [3.63, 3.8) is 0 Å². The molecular weight excluding hydrogens is 364 g/mol. The van der Waals surface area contributed by atoms with Crippen molar-refractivity contribution in [2.45, 2.75) is 27.3 Å². The van der Waals surface area contributed by atoms with Gasteiger partial charge in [-0.2, -0.15) is 10.1 Å². The number of para-hydroxylation sites is 1. The molecule has 3 rings (SSSR count). The van der Waals surface area contributed by atoms with Gasteiger partial charge < -0.3 is 20.3 Å². The Kier molecular flexibility index (Phi) is 6.84. The van der Waals surface area contributed by atoms with Crippen molar-refractivity contribution >= 4 is 23.1 Å². The maximum Gasteiger partial charge on any atom is 0.249 e. The molecule has 0 saturated carbocycles. The van der Waals surface area contributed by atoms with E-state index < -0.39 is 0 Å². The van der Waals surface area contributed by atoms with Crippen LogP contribution in [-0.2, 0) is 6.54 Å². The largest absolute Gasteiger partial charge is 0.496 e. The Morgan fingerprint density at radius 2 is 1.86 bits per heavy atom. The maximum atomic E-state index is 5.39. The van der Waals surface area contributed by atoms with Gasteiger partial charge in [-0.25, -0.2) is 0 Å². The van der Waals surface area contributed by atoms with E-state index in [1.165, 1.54) is 5.69 Å². The van der Waals surface area contributed by atoms with Crippen LogP contribution in [0.15, 0.2) is 48.7 Å². The Hall–Kier alpha value is -3.35. The fourth-order valence-corrected chi connectivity index (χ4v) is 3.17. The molecule has 7 nitrogen and oxygen atoms in total. The van der Waals surface area contributed by atoms with Gasteiger partial charge in [0.15, 0.2) is 5.82 Å². The zero-order chi connectivity index (χ0) is 20.6. The minimum atomic E-state index is 0.453. The van der Waals surface area contributed by atoms with Crippen LogP contribution in [0, 0.1) is 6.92 Å². The van der Waals surface area contributed by atoms with E-state index in [0.29, 0.717) is 18.3 Å². The molecule has 0 aliphatic rings. The molecule has 2 N–H and O–H groups in total. The van der Waals surface area contributed by atoms with Crippen molar-refractivity contribution in [3.05, 3.63) is 59.8 Å². The van der Waals surface area contributed by atoms with Crippen molar-refractivity contribution in [1.29, 1.82) is 0 Å². The Morgan fingerprint density at radius 3 is 2.59 bits per heavy atom. The zero-order valence-electron chi connectivity index (χ0n) is 17.4. The molecule has 1 heterocycles. The van der Waals surface area contributed by atoms with Gasteiger partial charge in [0.1, 0.15) is 5.75 Å². The normalized spacial score (nSPS) is 10.5. The molecule has 0 atom stereocenters. The number of aromatic nitrogens is 3. The molecule has 152 valence electrons. The Balaban J connectivity index is 1.70. The molecule has 2 aromatic carbocycles. The summed E-state index contributed by atoms with van der Waals surface area (Å²) in [5.74, 6) is 1.93. The van der Waals surface area contributed by atoms with Crippen molar-refractivity contribution in [2.75, 3.05) is 35.7 Å². The predicted octanol–water partition coefficient (Wildman–Crippen LogP) is 4.39. The summed E-state index contributed by atoms with van der Waals surface area (Å²) in [5.41, 5.74) is 4.35. The van der Waals surface area contributed by atoms with Gasteiger partial charge in [0, 0.05) is 36.6 Å². The first-order valence-corrected chi connectivity index (χ1v) is 9.82. The van der Waals surface area contributed by atoms with Crippen molar-refractivity contribution in [2.24, 2.45) is 0 Å². The summed E-state index contributed by atoms with van der Waals surface area (Å²) >= 11 is 0. The lowest BCUT2D eigenvalue weighted by molar-refractivity contribution is 0.410. The van der Waals surface area contributed by atoms with E-state index in [2.05, 4.69) is 69.7 Å². The second kappa shape index (κ2) is 9.73. The summed E-state index contributed by atoms with van der Waals surface area (Å²) in [5, 5.41) is 14.7. The molecule has 29 heavy (non-hydrogen) atoms. The van der Waals surface area contributed by atoms with Crippen LogP contribution in [0.25, 0.3) is 0 Å². The summed E-state index contributed by atoms with van der Waals surface area (Å²) in [4.78, 5) is 6.84. The van der Waals surface area contributed by atoms with E-state index in [1.54, 1.807) is 13.3 Å². The van der Waals surface area contributed by atoms with Crippen LogP contribution in [0.3, 0.4) is 0 Å². The number of methoxy groups -OCH3 is 1. The maximum absolute atomic E-state index is 5.39. The van der Waals surface area contributed by atoms with Crippen molar-refractivity contribution in [3.8, 4) is 5.75 Å². The smallest absolute Gasteiger partial charge is 0.249 e. The third-order valence-electron chi connectivity index (χ3n) is 4.80. The average Bonchev–Trinajstić information content (AvgIpc) is 2.75. The number of anilines is 4. The highest BCUT2D eigenvalue weighted by molar-refractivity contribution is 5.64. The van der Waals surface area contributed by atoms with Crippen LogP contribution >= 0.6 is 0 Å². The van der Waals surface area contributed by atoms with Gasteiger partial charge in [0.2, 0.25) is 5.95 Å². The second-order valence-electron chi connectivity index (χ2n) is 6.63. The van der Waals surface area contributed by atoms with Crippen LogP contribution in [-0.4, -0.2) is 35.4 Å². The van der Waals surface area contributed by atoms with Crippen LogP contribution in [0.5, 0.6) is 5.75 Å². The summed E-state index contributed by atoms with van der Waals surface area (Å²) in [6, 6.07) is 14.2. The molecule has 0 aliphatic carbocycles. The second-order valence-corrected chi connectivity index (χ2v) is 6.63. The standard InChI is InChI=1S/C22H28N6O/c1-5-28(6-2)18-11-12-19(16(3)13-18)25-22-26-21(15-24-27-22)23-14-17-9-7-8-10-20(17)29-4/h7-13,15H,5-6,14H2,1-4H3,(H2,23,25,26,27). The minimum absolute atomic E-state index is 0.453. The van der Waals surface area contributed by atoms with Gasteiger partial charge in [-0.05, 0) is 50.6 Å². The van der Waals surface area contributed by atoms with Gasteiger partial charge in [-0.3, -0.25) is 0 Å². The van der Waals surface area contributed by atoms with Crippen LogP contribution < -0.4 is 20.3 Å². The first-order valence-electron chi connectivity index (χ1n) is 9.82. The molecule has 1 aromatic heterocycles. The molecule has 0 amide bonds. The van der Waals surface area contributed by atoms with Gasteiger partial charge in [0.05, 0.1) is 13.3 Å².